The molecule has 1 N–H and O–H groups in total. The number of nitro groups is 1. The molecule has 0 aliphatic carbocycles. The lowest BCUT2D eigenvalue weighted by Crippen LogP contribution is -2.40. The van der Waals surface area contributed by atoms with Crippen LogP contribution in [0.5, 0.6) is 0 Å². The molecule has 1 atom stereocenters. The molecular formula is C18H19Cl2N3O5S. The molecule has 1 heterocycles. The molecule has 0 spiro atoms. The summed E-state index contributed by atoms with van der Waals surface area (Å²) in [6.45, 7) is 2.75. The van der Waals surface area contributed by atoms with Gasteiger partial charge in [0.15, 0.2) is 0 Å². The van der Waals surface area contributed by atoms with Crippen molar-refractivity contribution in [2.24, 2.45) is 0 Å². The smallest absolute Gasteiger partial charge is 0.270 e. The van der Waals surface area contributed by atoms with Crippen LogP contribution >= 0.6 is 23.2 Å². The fraction of sp³-hybridized carbons (Fsp3) is 0.333. The number of hydrogen-bond donors (Lipinski definition) is 1. The van der Waals surface area contributed by atoms with E-state index in [2.05, 4.69) is 5.32 Å². The van der Waals surface area contributed by atoms with E-state index in [1.54, 1.807) is 18.2 Å². The van der Waals surface area contributed by atoms with Crippen molar-refractivity contribution in [3.63, 3.8) is 0 Å². The third kappa shape index (κ3) is 4.81. The van der Waals surface area contributed by atoms with Crippen molar-refractivity contribution < 1.29 is 18.1 Å². The van der Waals surface area contributed by atoms with Crippen LogP contribution in [0.15, 0.2) is 41.3 Å². The molecule has 0 unspecified atom stereocenters. The van der Waals surface area contributed by atoms with Gasteiger partial charge in [0.1, 0.15) is 4.90 Å². The fourth-order valence-corrected chi connectivity index (χ4v) is 4.87. The molecule has 2 aromatic rings. The van der Waals surface area contributed by atoms with Crippen molar-refractivity contribution in [1.29, 1.82) is 0 Å². The van der Waals surface area contributed by atoms with Crippen LogP contribution < -0.4 is 5.32 Å². The van der Waals surface area contributed by atoms with Crippen LogP contribution in [0.3, 0.4) is 0 Å². The van der Waals surface area contributed by atoms with Gasteiger partial charge in [-0.1, -0.05) is 29.3 Å². The second-order valence-corrected chi connectivity index (χ2v) is 9.21. The van der Waals surface area contributed by atoms with Crippen molar-refractivity contribution >= 4 is 44.6 Å². The quantitative estimate of drug-likeness (QED) is 0.515. The zero-order valence-corrected chi connectivity index (χ0v) is 17.8. The van der Waals surface area contributed by atoms with E-state index in [1.165, 1.54) is 16.4 Å². The summed E-state index contributed by atoms with van der Waals surface area (Å²) in [5.74, 6) is 0. The number of sulfonamides is 1. The molecule has 0 aromatic heterocycles. The molecule has 11 heteroatoms. The number of anilines is 1. The van der Waals surface area contributed by atoms with Crippen LogP contribution in [-0.4, -0.2) is 43.9 Å². The van der Waals surface area contributed by atoms with Gasteiger partial charge in [-0.15, -0.1) is 0 Å². The second-order valence-electron chi connectivity index (χ2n) is 6.49. The van der Waals surface area contributed by atoms with Gasteiger partial charge in [0.05, 0.1) is 33.9 Å². The topological polar surface area (TPSA) is 102 Å². The SMILES string of the molecule is C[C@@H](Nc1ccc([N+](=O)[O-])cc1S(=O)(=O)N1CCOCC1)c1ccc(Cl)c(Cl)c1. The minimum Gasteiger partial charge on any atom is -0.379 e. The summed E-state index contributed by atoms with van der Waals surface area (Å²) in [6, 6.07) is 8.52. The van der Waals surface area contributed by atoms with Gasteiger partial charge in [0, 0.05) is 31.3 Å². The molecule has 1 aliphatic rings. The summed E-state index contributed by atoms with van der Waals surface area (Å²) in [5, 5.41) is 15.1. The number of nitrogens with one attached hydrogen (secondary N) is 1. The van der Waals surface area contributed by atoms with Crippen molar-refractivity contribution in [3.8, 4) is 0 Å². The van der Waals surface area contributed by atoms with Crippen LogP contribution in [-0.2, 0) is 14.8 Å². The number of non-ortho nitro benzene ring substituents is 1. The van der Waals surface area contributed by atoms with Crippen LogP contribution in [0, 0.1) is 10.1 Å². The van der Waals surface area contributed by atoms with Gasteiger partial charge in [-0.2, -0.15) is 4.31 Å². The molecule has 1 saturated heterocycles. The summed E-state index contributed by atoms with van der Waals surface area (Å²) >= 11 is 12.0. The Balaban J connectivity index is 1.99. The molecular weight excluding hydrogens is 441 g/mol. The average molecular weight is 460 g/mol. The number of halogens is 2. The molecule has 3 rings (SSSR count). The predicted molar refractivity (Wildman–Crippen MR) is 111 cm³/mol. The second kappa shape index (κ2) is 8.85. The fourth-order valence-electron chi connectivity index (χ4n) is 2.98. The van der Waals surface area contributed by atoms with Gasteiger partial charge >= 0.3 is 0 Å². The number of nitrogens with zero attached hydrogens (tertiary/aromatic N) is 2. The van der Waals surface area contributed by atoms with E-state index < -0.39 is 14.9 Å². The maximum absolute atomic E-state index is 13.2. The molecule has 1 aliphatic heterocycles. The first-order valence-corrected chi connectivity index (χ1v) is 11.0. The van der Waals surface area contributed by atoms with E-state index in [4.69, 9.17) is 27.9 Å². The highest BCUT2D eigenvalue weighted by molar-refractivity contribution is 7.89. The first-order chi connectivity index (χ1) is 13.7. The van der Waals surface area contributed by atoms with Crippen molar-refractivity contribution in [2.45, 2.75) is 17.9 Å². The zero-order valence-electron chi connectivity index (χ0n) is 15.5. The van der Waals surface area contributed by atoms with Gasteiger partial charge in [0.25, 0.3) is 5.69 Å². The first-order valence-electron chi connectivity index (χ1n) is 8.78. The number of hydrogen-bond acceptors (Lipinski definition) is 6. The Morgan fingerprint density at radius 3 is 2.45 bits per heavy atom. The molecule has 0 radical (unpaired) electrons. The first kappa shape index (κ1) is 21.8. The Morgan fingerprint density at radius 1 is 1.14 bits per heavy atom. The minimum absolute atomic E-state index is 0.152. The van der Waals surface area contributed by atoms with Crippen LogP contribution in [0.25, 0.3) is 0 Å². The van der Waals surface area contributed by atoms with Gasteiger partial charge in [-0.25, -0.2) is 8.42 Å². The molecule has 1 fully saturated rings. The summed E-state index contributed by atoms with van der Waals surface area (Å²) < 4.78 is 32.8. The highest BCUT2D eigenvalue weighted by Gasteiger charge is 2.30. The Hall–Kier alpha value is -1.91. The van der Waals surface area contributed by atoms with E-state index in [0.29, 0.717) is 10.0 Å². The number of ether oxygens (including phenoxy) is 1. The Morgan fingerprint density at radius 2 is 1.83 bits per heavy atom. The largest absolute Gasteiger partial charge is 0.379 e. The normalized spacial score (nSPS) is 16.4. The van der Waals surface area contributed by atoms with Gasteiger partial charge in [-0.3, -0.25) is 10.1 Å². The number of rotatable bonds is 6. The molecule has 29 heavy (non-hydrogen) atoms. The van der Waals surface area contributed by atoms with E-state index in [0.717, 1.165) is 11.6 Å². The van der Waals surface area contributed by atoms with Crippen LogP contribution in [0.1, 0.15) is 18.5 Å². The maximum atomic E-state index is 13.2. The standard InChI is InChI=1S/C18H19Cl2N3O5S/c1-12(13-2-4-15(19)16(20)10-13)21-17-5-3-14(23(24)25)11-18(17)29(26,27)22-6-8-28-9-7-22/h2-5,10-12,21H,6-9H2,1H3/t12-/m1/s1. The van der Waals surface area contributed by atoms with Gasteiger partial charge < -0.3 is 10.1 Å². The lowest BCUT2D eigenvalue weighted by Gasteiger charge is -2.27. The summed E-state index contributed by atoms with van der Waals surface area (Å²) in [7, 11) is -3.95. The molecule has 0 bridgehead atoms. The lowest BCUT2D eigenvalue weighted by molar-refractivity contribution is -0.385. The minimum atomic E-state index is -3.95. The monoisotopic (exact) mass is 459 g/mol. The predicted octanol–water partition coefficient (Wildman–Crippen LogP) is 4.10. The molecule has 0 saturated carbocycles. The van der Waals surface area contributed by atoms with Crippen LogP contribution in [0.4, 0.5) is 11.4 Å². The molecule has 8 nitrogen and oxygen atoms in total. The van der Waals surface area contributed by atoms with Crippen LogP contribution in [0.2, 0.25) is 10.0 Å². The van der Waals surface area contributed by atoms with Crippen molar-refractivity contribution in [1.82, 2.24) is 4.31 Å². The summed E-state index contributed by atoms with van der Waals surface area (Å²) in [6.07, 6.45) is 0. The highest BCUT2D eigenvalue weighted by atomic mass is 35.5. The Bertz CT molecular complexity index is 1030. The van der Waals surface area contributed by atoms with Gasteiger partial charge in [0.2, 0.25) is 10.0 Å². The van der Waals surface area contributed by atoms with Crippen molar-refractivity contribution in [3.05, 3.63) is 62.1 Å². The maximum Gasteiger partial charge on any atom is 0.270 e. The molecule has 156 valence electrons. The van der Waals surface area contributed by atoms with Crippen molar-refractivity contribution in [2.75, 3.05) is 31.6 Å². The zero-order chi connectivity index (χ0) is 21.2. The van der Waals surface area contributed by atoms with E-state index in [1.807, 2.05) is 6.92 Å². The third-order valence-corrected chi connectivity index (χ3v) is 7.26. The Kier molecular flexibility index (Phi) is 6.65. The lowest BCUT2D eigenvalue weighted by atomic mass is 10.1. The number of benzene rings is 2. The van der Waals surface area contributed by atoms with E-state index in [9.17, 15) is 18.5 Å². The van der Waals surface area contributed by atoms with E-state index in [-0.39, 0.29) is 48.6 Å². The Labute approximate surface area is 178 Å². The highest BCUT2D eigenvalue weighted by Crippen LogP contribution is 2.33. The number of morpholine rings is 1. The van der Waals surface area contributed by atoms with E-state index >= 15 is 0 Å². The van der Waals surface area contributed by atoms with Gasteiger partial charge in [-0.05, 0) is 30.7 Å². The third-order valence-electron chi connectivity index (χ3n) is 4.58. The molecule has 0 amide bonds. The number of nitro benzene ring substituents is 1. The summed E-state index contributed by atoms with van der Waals surface area (Å²) in [5.41, 5.74) is 0.748. The average Bonchev–Trinajstić information content (AvgIpc) is 2.70. The molecule has 2 aromatic carbocycles. The summed E-state index contributed by atoms with van der Waals surface area (Å²) in [4.78, 5) is 10.4.